The van der Waals surface area contributed by atoms with Crippen LogP contribution in [0.5, 0.6) is 0 Å². The Morgan fingerprint density at radius 3 is 2.04 bits per heavy atom. The summed E-state index contributed by atoms with van der Waals surface area (Å²) in [6.07, 6.45) is 0. The van der Waals surface area contributed by atoms with Gasteiger partial charge in [0, 0.05) is 5.56 Å². The van der Waals surface area contributed by atoms with Crippen LogP contribution in [-0.4, -0.2) is 11.9 Å². The lowest BCUT2D eigenvalue weighted by Crippen LogP contribution is -1.92. The normalized spacial score (nSPS) is 13.3. The van der Waals surface area contributed by atoms with Gasteiger partial charge in [0.25, 0.3) is 0 Å². The summed E-state index contributed by atoms with van der Waals surface area (Å²) < 4.78 is 9.62. The Bertz CT molecular complexity index is 849. The number of carbonyl (C=O) groups excluding carboxylic acids is 2. The Kier molecular flexibility index (Phi) is 5.00. The van der Waals surface area contributed by atoms with Gasteiger partial charge in [0.2, 0.25) is 0 Å². The summed E-state index contributed by atoms with van der Waals surface area (Å²) in [4.78, 5) is 25.2. The second-order valence-corrected chi connectivity index (χ2v) is 5.27. The lowest BCUT2D eigenvalue weighted by Gasteiger charge is -1.93. The van der Waals surface area contributed by atoms with Crippen LogP contribution in [0.3, 0.4) is 0 Å². The van der Waals surface area contributed by atoms with Crippen molar-refractivity contribution in [1.29, 1.82) is 0 Å². The van der Waals surface area contributed by atoms with Crippen LogP contribution in [0.2, 0.25) is 0 Å². The van der Waals surface area contributed by atoms with Crippen molar-refractivity contribution in [2.75, 3.05) is 0 Å². The number of nitrogens with zero attached hydrogens (tertiary/aromatic N) is 1. The van der Waals surface area contributed by atoms with E-state index in [1.807, 2.05) is 25.1 Å². The zero-order valence-electron chi connectivity index (χ0n) is 12.5. The van der Waals surface area contributed by atoms with Crippen LogP contribution >= 0.6 is 0 Å². The number of hydrogen-bond donors (Lipinski definition) is 0. The van der Waals surface area contributed by atoms with Gasteiger partial charge in [-0.1, -0.05) is 37.3 Å². The molecule has 2 heterocycles. The summed E-state index contributed by atoms with van der Waals surface area (Å²) in [6, 6.07) is 10.7. The summed E-state index contributed by atoms with van der Waals surface area (Å²) in [7, 11) is 0. The molecule has 0 radical (unpaired) electrons. The molecule has 0 bridgehead atoms. The van der Waals surface area contributed by atoms with E-state index in [0.29, 0.717) is 24.5 Å². The van der Waals surface area contributed by atoms with Gasteiger partial charge in [-0.2, -0.15) is 0 Å². The highest BCUT2D eigenvalue weighted by Gasteiger charge is 2.20. The first kappa shape index (κ1) is 17.2. The quantitative estimate of drug-likeness (QED) is 0.538. The van der Waals surface area contributed by atoms with Gasteiger partial charge in [-0.05, 0) is 24.6 Å². The molecule has 0 spiro atoms. The number of ether oxygens (including phenoxy) is 2. The SMILES string of the molecule is C.Cc1ccc2c(c1)COC2=O.[C-]#[N+]c1ccc2c(c1)COC2=O. The zero-order chi connectivity index (χ0) is 16.4. The van der Waals surface area contributed by atoms with Crippen LogP contribution in [0.15, 0.2) is 36.4 Å². The number of esters is 2. The summed E-state index contributed by atoms with van der Waals surface area (Å²) in [6.45, 7) is 9.50. The van der Waals surface area contributed by atoms with Gasteiger partial charge in [0.05, 0.1) is 17.7 Å². The second-order valence-electron chi connectivity index (χ2n) is 5.27. The van der Waals surface area contributed by atoms with Crippen LogP contribution in [0.25, 0.3) is 4.85 Å². The van der Waals surface area contributed by atoms with Crippen molar-refractivity contribution >= 4 is 17.6 Å². The fourth-order valence-corrected chi connectivity index (χ4v) is 2.45. The van der Waals surface area contributed by atoms with Crippen LogP contribution in [0.1, 0.15) is 44.8 Å². The molecule has 2 aliphatic heterocycles. The first-order valence-corrected chi connectivity index (χ1v) is 7.02. The fraction of sp³-hybridized carbons (Fsp3) is 0.211. The van der Waals surface area contributed by atoms with Gasteiger partial charge in [-0.15, -0.1) is 0 Å². The predicted octanol–water partition coefficient (Wildman–Crippen LogP) is 4.21. The number of benzene rings is 2. The van der Waals surface area contributed by atoms with Crippen LogP contribution < -0.4 is 0 Å². The third kappa shape index (κ3) is 3.28. The van der Waals surface area contributed by atoms with E-state index >= 15 is 0 Å². The number of fused-ring (bicyclic) bond motifs is 2. The Labute approximate surface area is 140 Å². The molecule has 0 N–H and O–H groups in total. The van der Waals surface area contributed by atoms with E-state index in [4.69, 9.17) is 16.0 Å². The van der Waals surface area contributed by atoms with Crippen molar-refractivity contribution in [1.82, 2.24) is 0 Å². The minimum absolute atomic E-state index is 0. The molecule has 0 fully saturated rings. The van der Waals surface area contributed by atoms with E-state index in [1.165, 1.54) is 5.56 Å². The number of hydrogen-bond acceptors (Lipinski definition) is 4. The molecule has 24 heavy (non-hydrogen) atoms. The molecule has 0 saturated carbocycles. The fourth-order valence-electron chi connectivity index (χ4n) is 2.45. The molecule has 0 atom stereocenters. The molecule has 2 aromatic rings. The molecular formula is C19H17NO4. The van der Waals surface area contributed by atoms with Crippen molar-refractivity contribution < 1.29 is 19.1 Å². The first-order chi connectivity index (χ1) is 11.1. The van der Waals surface area contributed by atoms with E-state index in [0.717, 1.165) is 16.7 Å². The Morgan fingerprint density at radius 1 is 0.917 bits per heavy atom. The van der Waals surface area contributed by atoms with Crippen LogP contribution in [-0.2, 0) is 22.7 Å². The summed E-state index contributed by atoms with van der Waals surface area (Å²) >= 11 is 0. The monoisotopic (exact) mass is 323 g/mol. The van der Waals surface area contributed by atoms with Crippen LogP contribution in [0, 0.1) is 13.5 Å². The Balaban J connectivity index is 0.000000167. The van der Waals surface area contributed by atoms with E-state index in [2.05, 4.69) is 4.85 Å². The van der Waals surface area contributed by atoms with Gasteiger partial charge >= 0.3 is 11.9 Å². The minimum Gasteiger partial charge on any atom is -0.457 e. The Morgan fingerprint density at radius 2 is 1.46 bits per heavy atom. The molecule has 4 rings (SSSR count). The third-order valence-corrected chi connectivity index (χ3v) is 3.64. The highest BCUT2D eigenvalue weighted by molar-refractivity contribution is 5.94. The number of carbonyl (C=O) groups is 2. The maximum atomic E-state index is 11.0. The van der Waals surface area contributed by atoms with E-state index in [1.54, 1.807) is 18.2 Å². The third-order valence-electron chi connectivity index (χ3n) is 3.64. The lowest BCUT2D eigenvalue weighted by molar-refractivity contribution is 0.0526. The topological polar surface area (TPSA) is 57.0 Å². The smallest absolute Gasteiger partial charge is 0.338 e. The van der Waals surface area contributed by atoms with Crippen molar-refractivity contribution in [3.05, 3.63) is 75.6 Å². The zero-order valence-corrected chi connectivity index (χ0v) is 12.5. The van der Waals surface area contributed by atoms with Gasteiger partial charge in [-0.3, -0.25) is 0 Å². The molecule has 2 aliphatic rings. The van der Waals surface area contributed by atoms with E-state index < -0.39 is 0 Å². The largest absolute Gasteiger partial charge is 0.457 e. The molecule has 122 valence electrons. The first-order valence-electron chi connectivity index (χ1n) is 7.02. The lowest BCUT2D eigenvalue weighted by atomic mass is 10.1. The minimum atomic E-state index is -0.290. The average Bonchev–Trinajstić information content (AvgIpc) is 3.11. The molecule has 5 nitrogen and oxygen atoms in total. The highest BCUT2D eigenvalue weighted by atomic mass is 16.5. The average molecular weight is 323 g/mol. The molecule has 0 unspecified atom stereocenters. The standard InChI is InChI=1S/C9H5NO2.C9H8O2.CH4/c1-10-7-2-3-8-6(4-7)5-12-9(8)11;1-6-2-3-8-7(4-6)5-11-9(8)10;/h2-4H,5H2;2-4H,5H2,1H3;1H4. The number of rotatable bonds is 0. The number of cyclic esters (lactones) is 2. The van der Waals surface area contributed by atoms with Crippen molar-refractivity contribution in [3.8, 4) is 0 Å². The van der Waals surface area contributed by atoms with Crippen molar-refractivity contribution in [2.45, 2.75) is 27.6 Å². The van der Waals surface area contributed by atoms with E-state index in [-0.39, 0.29) is 19.4 Å². The molecule has 0 aliphatic carbocycles. The molecule has 0 amide bonds. The molecular weight excluding hydrogens is 306 g/mol. The molecule has 0 saturated heterocycles. The summed E-state index contributed by atoms with van der Waals surface area (Å²) in [5.41, 5.74) is 4.84. The van der Waals surface area contributed by atoms with Gasteiger partial charge in [0.15, 0.2) is 5.69 Å². The van der Waals surface area contributed by atoms with Crippen molar-refractivity contribution in [2.24, 2.45) is 0 Å². The molecule has 2 aromatic carbocycles. The van der Waals surface area contributed by atoms with Gasteiger partial charge < -0.3 is 9.47 Å². The maximum absolute atomic E-state index is 11.0. The molecule has 5 heteroatoms. The van der Waals surface area contributed by atoms with E-state index in [9.17, 15) is 9.59 Å². The number of aryl methyl sites for hydroxylation is 1. The summed E-state index contributed by atoms with van der Waals surface area (Å²) in [5, 5.41) is 0. The van der Waals surface area contributed by atoms with Gasteiger partial charge in [-0.25, -0.2) is 14.4 Å². The summed E-state index contributed by atoms with van der Waals surface area (Å²) in [5.74, 6) is -0.485. The second kappa shape index (κ2) is 6.97. The maximum Gasteiger partial charge on any atom is 0.338 e. The van der Waals surface area contributed by atoms with Gasteiger partial charge in [0.1, 0.15) is 13.2 Å². The predicted molar refractivity (Wildman–Crippen MR) is 88.9 cm³/mol. The van der Waals surface area contributed by atoms with Crippen LogP contribution in [0.4, 0.5) is 5.69 Å². The van der Waals surface area contributed by atoms with Crippen molar-refractivity contribution in [3.63, 3.8) is 0 Å². The Hall–Kier alpha value is -3.13. The highest BCUT2D eigenvalue weighted by Crippen LogP contribution is 2.24. The molecule has 0 aromatic heterocycles.